The number of carbonyl (C=O) groups is 1. The van der Waals surface area contributed by atoms with Gasteiger partial charge in [-0.2, -0.15) is 0 Å². The Labute approximate surface area is 279 Å². The maximum absolute atomic E-state index is 12.3. The fourth-order valence-corrected chi connectivity index (χ4v) is 25.0. The van der Waals surface area contributed by atoms with Crippen LogP contribution in [-0.4, -0.2) is 59.4 Å². The number of hydrogen-bond acceptors (Lipinski definition) is 5. The minimum atomic E-state index is -2.47. The third kappa shape index (κ3) is 28.2. The van der Waals surface area contributed by atoms with Gasteiger partial charge in [-0.3, -0.25) is 0 Å². The minimum absolute atomic E-state index is 0.0629. The first-order valence-corrected chi connectivity index (χ1v) is 30.3. The molecule has 0 bridgehead atoms. The first-order chi connectivity index (χ1) is 20.6. The summed E-state index contributed by atoms with van der Waals surface area (Å²) >= 11 is 0. The quantitative estimate of drug-likeness (QED) is 0.0515. The van der Waals surface area contributed by atoms with Crippen LogP contribution in [0.2, 0.25) is 64.5 Å². The maximum atomic E-state index is 12.3. The van der Waals surface area contributed by atoms with Crippen LogP contribution in [0.15, 0.2) is 0 Å². The summed E-state index contributed by atoms with van der Waals surface area (Å²) in [6.45, 7) is 22.1. The number of urea groups is 1. The van der Waals surface area contributed by atoms with Crippen molar-refractivity contribution in [1.82, 2.24) is 10.6 Å². The summed E-state index contributed by atoms with van der Waals surface area (Å²) in [6, 6.07) is 1.84. The lowest BCUT2D eigenvalue weighted by molar-refractivity contribution is 0.240. The number of carbonyl (C=O) groups excluding carboxylic acids is 1. The van der Waals surface area contributed by atoms with E-state index in [9.17, 15) is 4.79 Å². The Kier molecular flexibility index (Phi) is 25.0. The van der Waals surface area contributed by atoms with Gasteiger partial charge < -0.3 is 28.7 Å². The number of amides is 2. The zero-order valence-corrected chi connectivity index (χ0v) is 35.0. The van der Waals surface area contributed by atoms with Gasteiger partial charge in [-0.05, 0) is 90.3 Å². The lowest BCUT2D eigenvalue weighted by Gasteiger charge is -2.42. The van der Waals surface area contributed by atoms with Crippen molar-refractivity contribution in [3.63, 3.8) is 0 Å². The zero-order chi connectivity index (χ0) is 33.4. The second kappa shape index (κ2) is 25.1. The highest BCUT2D eigenvalue weighted by molar-refractivity contribution is 6.89. The molecule has 0 aliphatic carbocycles. The Balaban J connectivity index is 4.06. The number of rotatable bonds is 30. The predicted octanol–water partition coefficient (Wildman–Crippen LogP) is 10.1. The Morgan fingerprint density at radius 2 is 0.977 bits per heavy atom. The second-order valence-electron chi connectivity index (χ2n) is 15.2. The molecule has 1 unspecified atom stereocenters. The van der Waals surface area contributed by atoms with Crippen LogP contribution in [0, 0.1) is 0 Å². The molecule has 0 saturated heterocycles. The first kappa shape index (κ1) is 44.0. The molecule has 0 aromatic carbocycles. The fraction of sp³-hybridized carbons (Fsp3) is 0.970. The zero-order valence-electron chi connectivity index (χ0n) is 31.0. The Hall–Kier alpha value is -0.0225. The van der Waals surface area contributed by atoms with Crippen molar-refractivity contribution in [2.45, 2.75) is 187 Å². The smallest absolute Gasteiger partial charge is 0.315 e. The van der Waals surface area contributed by atoms with E-state index in [0.29, 0.717) is 13.1 Å². The van der Waals surface area contributed by atoms with Gasteiger partial charge in [-0.25, -0.2) is 4.79 Å². The number of unbranched alkanes of at least 4 members (excludes halogenated alkanes) is 15. The van der Waals surface area contributed by atoms with E-state index < -0.39 is 33.8 Å². The summed E-state index contributed by atoms with van der Waals surface area (Å²) in [4.78, 5) is 12.3. The molecule has 0 rings (SSSR count). The monoisotopic (exact) mass is 691 g/mol. The molecule has 0 aliphatic heterocycles. The van der Waals surface area contributed by atoms with Crippen LogP contribution in [0.3, 0.4) is 0 Å². The van der Waals surface area contributed by atoms with Crippen LogP contribution in [0.4, 0.5) is 4.79 Å². The molecule has 44 heavy (non-hydrogen) atoms. The van der Waals surface area contributed by atoms with E-state index in [-0.39, 0.29) is 6.03 Å². The van der Waals surface area contributed by atoms with Crippen LogP contribution in [0.1, 0.15) is 122 Å². The van der Waals surface area contributed by atoms with Crippen LogP contribution >= 0.6 is 0 Å². The van der Waals surface area contributed by atoms with Crippen LogP contribution in [-0.2, 0) is 12.3 Å². The normalized spacial score (nSPS) is 14.0. The van der Waals surface area contributed by atoms with Crippen molar-refractivity contribution in [2.24, 2.45) is 5.73 Å². The van der Waals surface area contributed by atoms with E-state index in [0.717, 1.165) is 37.9 Å². The first-order valence-electron chi connectivity index (χ1n) is 18.5. The van der Waals surface area contributed by atoms with Crippen LogP contribution in [0.5, 0.6) is 0 Å². The Morgan fingerprint density at radius 3 is 1.41 bits per heavy atom. The summed E-state index contributed by atoms with van der Waals surface area (Å²) in [7, 11) is -8.49. The van der Waals surface area contributed by atoms with E-state index in [4.69, 9.17) is 18.1 Å². The van der Waals surface area contributed by atoms with E-state index in [1.807, 2.05) is 0 Å². The number of hydrogen-bond donors (Lipinski definition) is 3. The van der Waals surface area contributed by atoms with Gasteiger partial charge in [0.2, 0.25) is 0 Å². The van der Waals surface area contributed by atoms with Crippen molar-refractivity contribution in [1.29, 1.82) is 0 Å². The van der Waals surface area contributed by atoms with Gasteiger partial charge in [-0.1, -0.05) is 103 Å². The molecule has 0 fully saturated rings. The summed E-state index contributed by atoms with van der Waals surface area (Å²) in [5, 5.41) is 6.08. The van der Waals surface area contributed by atoms with Crippen molar-refractivity contribution in [3.05, 3.63) is 0 Å². The maximum Gasteiger partial charge on any atom is 0.315 e. The molecule has 0 aromatic rings. The molecule has 0 radical (unpaired) electrons. The van der Waals surface area contributed by atoms with Gasteiger partial charge in [0, 0.05) is 13.1 Å². The molecule has 1 atom stereocenters. The third-order valence-corrected chi connectivity index (χ3v) is 22.8. The van der Waals surface area contributed by atoms with Crippen LogP contribution in [0.25, 0.3) is 0 Å². The van der Waals surface area contributed by atoms with Crippen LogP contribution < -0.4 is 16.4 Å². The molecule has 2 amide bonds. The highest BCUT2D eigenvalue weighted by atomic mass is 28.5. The van der Waals surface area contributed by atoms with Gasteiger partial charge in [0.25, 0.3) is 0 Å². The van der Waals surface area contributed by atoms with E-state index >= 15 is 0 Å². The summed E-state index contributed by atoms with van der Waals surface area (Å²) < 4.78 is 20.2. The second-order valence-corrected chi connectivity index (χ2v) is 31.5. The molecule has 0 aliphatic rings. The molecule has 264 valence electrons. The molecule has 7 nitrogen and oxygen atoms in total. The molecular formula is C33H77N3O4Si4. The van der Waals surface area contributed by atoms with Crippen molar-refractivity contribution in [2.75, 3.05) is 19.6 Å². The molecule has 4 N–H and O–H groups in total. The van der Waals surface area contributed by atoms with Gasteiger partial charge in [-0.15, -0.1) is 0 Å². The minimum Gasteiger partial charge on any atom is -0.437 e. The standard InChI is InChI=1S/C33H77N3O4Si4/c1-10-11-12-13-14-15-16-17-18-19-20-21-22-23-24-25-29-35-33(37)36-30-27-32-44(9,38-41(2,3)4)40-43(7,8)39-42(5,6)31-26-28-34/h10-32,34H2,1-9H3,(H2,35,36,37). The van der Waals surface area contributed by atoms with Crippen molar-refractivity contribution >= 4 is 39.8 Å². The van der Waals surface area contributed by atoms with Crippen molar-refractivity contribution in [3.8, 4) is 0 Å². The average molecular weight is 692 g/mol. The highest BCUT2D eigenvalue weighted by Crippen LogP contribution is 2.29. The molecule has 0 saturated carbocycles. The molecule has 0 spiro atoms. The summed E-state index contributed by atoms with van der Waals surface area (Å²) in [5.41, 5.74) is 5.75. The lowest BCUT2D eigenvalue weighted by Crippen LogP contribution is -2.57. The molecule has 0 aromatic heterocycles. The predicted molar refractivity (Wildman–Crippen MR) is 202 cm³/mol. The fourth-order valence-electron chi connectivity index (χ4n) is 6.10. The van der Waals surface area contributed by atoms with Gasteiger partial charge >= 0.3 is 23.2 Å². The Morgan fingerprint density at radius 1 is 0.545 bits per heavy atom. The topological polar surface area (TPSA) is 94.8 Å². The van der Waals surface area contributed by atoms with Gasteiger partial charge in [0.1, 0.15) is 0 Å². The number of nitrogens with one attached hydrogen (secondary N) is 2. The molecule has 11 heteroatoms. The summed E-state index contributed by atoms with van der Waals surface area (Å²) in [6.07, 6.45) is 23.6. The van der Waals surface area contributed by atoms with Gasteiger partial charge in [0.05, 0.1) is 0 Å². The number of nitrogens with two attached hydrogens (primary N) is 1. The van der Waals surface area contributed by atoms with Gasteiger partial charge in [0.15, 0.2) is 16.6 Å². The summed E-state index contributed by atoms with van der Waals surface area (Å²) in [5.74, 6) is 0. The van der Waals surface area contributed by atoms with E-state index in [1.54, 1.807) is 0 Å². The SMILES string of the molecule is CCCCCCCCCCCCCCCCCCNC(=O)NCCC[Si](C)(O[Si](C)(C)C)O[Si](C)(C)O[Si](C)(C)CCCN. The lowest BCUT2D eigenvalue weighted by atomic mass is 10.0. The highest BCUT2D eigenvalue weighted by Gasteiger charge is 2.44. The van der Waals surface area contributed by atoms with Crippen molar-refractivity contribution < 1.29 is 17.1 Å². The average Bonchev–Trinajstić information content (AvgIpc) is 2.89. The van der Waals surface area contributed by atoms with E-state index in [2.05, 4.69) is 69.9 Å². The Bertz CT molecular complexity index is 711. The largest absolute Gasteiger partial charge is 0.437 e. The third-order valence-electron chi connectivity index (χ3n) is 7.90. The molecule has 0 heterocycles. The molecular weight excluding hydrogens is 615 g/mol. The van der Waals surface area contributed by atoms with E-state index in [1.165, 1.54) is 96.3 Å².